The van der Waals surface area contributed by atoms with Crippen molar-refractivity contribution >= 4 is 28.2 Å². The molecule has 2 aromatic rings. The number of hydrogen-bond donors (Lipinski definition) is 1. The van der Waals surface area contributed by atoms with Crippen molar-refractivity contribution in [2.45, 2.75) is 52.6 Å². The molecule has 6 heteroatoms. The van der Waals surface area contributed by atoms with Crippen molar-refractivity contribution in [3.63, 3.8) is 0 Å². The van der Waals surface area contributed by atoms with E-state index < -0.39 is 6.04 Å². The third kappa shape index (κ3) is 4.38. The average Bonchev–Trinajstić information content (AvgIpc) is 3.28. The van der Waals surface area contributed by atoms with Crippen molar-refractivity contribution < 1.29 is 9.59 Å². The van der Waals surface area contributed by atoms with Crippen LogP contribution in [0.1, 0.15) is 40.5 Å². The fourth-order valence-electron chi connectivity index (χ4n) is 3.47. The van der Waals surface area contributed by atoms with Gasteiger partial charge in [-0.2, -0.15) is 0 Å². The minimum atomic E-state index is -0.438. The molecule has 1 aliphatic rings. The number of likely N-dealkylation sites (tertiary alicyclic amines) is 1. The second-order valence-electron chi connectivity index (χ2n) is 8.15. The van der Waals surface area contributed by atoms with E-state index in [0.29, 0.717) is 6.54 Å². The highest BCUT2D eigenvalue weighted by molar-refractivity contribution is 7.14. The Hall–Kier alpha value is -2.21. The normalized spacial score (nSPS) is 18.4. The van der Waals surface area contributed by atoms with Gasteiger partial charge in [0.1, 0.15) is 6.04 Å². The van der Waals surface area contributed by atoms with Gasteiger partial charge in [-0.25, -0.2) is 4.98 Å². The lowest BCUT2D eigenvalue weighted by atomic mass is 9.85. The van der Waals surface area contributed by atoms with E-state index in [-0.39, 0.29) is 23.1 Å². The Labute approximate surface area is 164 Å². The number of Topliss-reactive ketones (excluding diaryl/α,β-unsaturated/α-hetero) is 1. The van der Waals surface area contributed by atoms with E-state index in [9.17, 15) is 9.59 Å². The first kappa shape index (κ1) is 19.5. The monoisotopic (exact) mass is 385 g/mol. The molecule has 1 aliphatic heterocycles. The number of ketones is 1. The van der Waals surface area contributed by atoms with Gasteiger partial charge >= 0.3 is 0 Å². The molecule has 2 heterocycles. The zero-order chi connectivity index (χ0) is 19.6. The predicted molar refractivity (Wildman–Crippen MR) is 110 cm³/mol. The van der Waals surface area contributed by atoms with Crippen LogP contribution in [0.2, 0.25) is 0 Å². The van der Waals surface area contributed by atoms with Crippen molar-refractivity contribution in [1.29, 1.82) is 0 Å². The van der Waals surface area contributed by atoms with E-state index in [2.05, 4.69) is 10.3 Å². The summed E-state index contributed by atoms with van der Waals surface area (Å²) in [6.07, 6.45) is 1.63. The van der Waals surface area contributed by atoms with Crippen LogP contribution in [-0.2, 0) is 9.59 Å². The second-order valence-corrected chi connectivity index (χ2v) is 9.01. The van der Waals surface area contributed by atoms with Gasteiger partial charge in [-0.05, 0) is 25.2 Å². The summed E-state index contributed by atoms with van der Waals surface area (Å²) in [4.78, 5) is 31.6. The van der Waals surface area contributed by atoms with Crippen LogP contribution < -0.4 is 5.32 Å². The molecule has 1 N–H and O–H groups in total. The molecular formula is C21H27N3O2S. The summed E-state index contributed by atoms with van der Waals surface area (Å²) < 4.78 is 0. The molecule has 144 valence electrons. The van der Waals surface area contributed by atoms with Crippen molar-refractivity contribution in [2.24, 2.45) is 5.41 Å². The molecule has 3 rings (SSSR count). The summed E-state index contributed by atoms with van der Waals surface area (Å²) in [7, 11) is 0. The number of thiazole rings is 1. The number of carbonyl (C=O) groups excluding carboxylic acids is 2. The zero-order valence-electron chi connectivity index (χ0n) is 16.4. The number of nitrogens with one attached hydrogen (secondary N) is 1. The smallest absolute Gasteiger partial charge is 0.246 e. The van der Waals surface area contributed by atoms with Gasteiger partial charge in [0, 0.05) is 17.5 Å². The first-order chi connectivity index (χ1) is 12.8. The van der Waals surface area contributed by atoms with Crippen LogP contribution >= 0.6 is 11.3 Å². The van der Waals surface area contributed by atoms with Gasteiger partial charge in [0.15, 0.2) is 10.9 Å². The summed E-state index contributed by atoms with van der Waals surface area (Å²) in [5.74, 6) is 0.0470. The molecule has 2 atom stereocenters. The minimum absolute atomic E-state index is 0.0170. The molecule has 1 amide bonds. The lowest BCUT2D eigenvalue weighted by Gasteiger charge is -2.35. The number of anilines is 1. The molecule has 0 saturated carbocycles. The lowest BCUT2D eigenvalue weighted by Crippen LogP contribution is -2.52. The average molecular weight is 386 g/mol. The number of hydrogen-bond acceptors (Lipinski definition) is 5. The highest BCUT2D eigenvalue weighted by Crippen LogP contribution is 2.31. The highest BCUT2D eigenvalue weighted by Gasteiger charge is 2.40. The Bertz CT molecular complexity index is 810. The van der Waals surface area contributed by atoms with Gasteiger partial charge in [-0.3, -0.25) is 9.59 Å². The SMILES string of the molecule is CC(=O)[C@@H]1CCCN1C(=O)[C@@H](Nc1nc(-c2ccccc2)cs1)C(C)(C)C. The third-order valence-electron chi connectivity index (χ3n) is 4.96. The number of rotatable bonds is 5. The van der Waals surface area contributed by atoms with Crippen molar-refractivity contribution in [2.75, 3.05) is 11.9 Å². The first-order valence-electron chi connectivity index (χ1n) is 9.36. The topological polar surface area (TPSA) is 62.3 Å². The van der Waals surface area contributed by atoms with E-state index in [1.807, 2.05) is 56.5 Å². The lowest BCUT2D eigenvalue weighted by molar-refractivity contribution is -0.139. The van der Waals surface area contributed by atoms with E-state index in [1.165, 1.54) is 11.3 Å². The molecular weight excluding hydrogens is 358 g/mol. The second kappa shape index (κ2) is 7.80. The van der Waals surface area contributed by atoms with E-state index in [4.69, 9.17) is 0 Å². The predicted octanol–water partition coefficient (Wildman–Crippen LogP) is 4.22. The fraction of sp³-hybridized carbons (Fsp3) is 0.476. The van der Waals surface area contributed by atoms with Crippen LogP contribution in [0.4, 0.5) is 5.13 Å². The Morgan fingerprint density at radius 2 is 1.96 bits per heavy atom. The summed E-state index contributed by atoms with van der Waals surface area (Å²) >= 11 is 1.50. The van der Waals surface area contributed by atoms with Gasteiger partial charge in [-0.1, -0.05) is 51.1 Å². The molecule has 0 aliphatic carbocycles. The highest BCUT2D eigenvalue weighted by atomic mass is 32.1. The van der Waals surface area contributed by atoms with E-state index in [0.717, 1.165) is 29.2 Å². The Morgan fingerprint density at radius 3 is 2.59 bits per heavy atom. The van der Waals surface area contributed by atoms with Gasteiger partial charge in [0.05, 0.1) is 11.7 Å². The van der Waals surface area contributed by atoms with Gasteiger partial charge in [0.25, 0.3) is 0 Å². The summed E-state index contributed by atoms with van der Waals surface area (Å²) in [5, 5.41) is 6.07. The molecule has 1 saturated heterocycles. The summed E-state index contributed by atoms with van der Waals surface area (Å²) in [5.41, 5.74) is 1.64. The van der Waals surface area contributed by atoms with Crippen LogP contribution in [0, 0.1) is 5.41 Å². The van der Waals surface area contributed by atoms with Crippen LogP contribution in [0.3, 0.4) is 0 Å². The summed E-state index contributed by atoms with van der Waals surface area (Å²) in [6.45, 7) is 8.32. The molecule has 0 radical (unpaired) electrons. The minimum Gasteiger partial charge on any atom is -0.349 e. The number of nitrogens with zero attached hydrogens (tertiary/aromatic N) is 2. The van der Waals surface area contributed by atoms with Crippen molar-refractivity contribution in [3.8, 4) is 11.3 Å². The van der Waals surface area contributed by atoms with Gasteiger partial charge in [0.2, 0.25) is 5.91 Å². The molecule has 0 bridgehead atoms. The number of benzene rings is 1. The molecule has 0 spiro atoms. The third-order valence-corrected chi connectivity index (χ3v) is 5.73. The zero-order valence-corrected chi connectivity index (χ0v) is 17.2. The maximum Gasteiger partial charge on any atom is 0.246 e. The molecule has 27 heavy (non-hydrogen) atoms. The fourth-order valence-corrected chi connectivity index (χ4v) is 4.22. The van der Waals surface area contributed by atoms with E-state index in [1.54, 1.807) is 11.8 Å². The number of amides is 1. The van der Waals surface area contributed by atoms with Crippen LogP contribution in [0.5, 0.6) is 0 Å². The number of carbonyl (C=O) groups is 2. The van der Waals surface area contributed by atoms with Crippen molar-refractivity contribution in [1.82, 2.24) is 9.88 Å². The Balaban J connectivity index is 1.81. The largest absolute Gasteiger partial charge is 0.349 e. The van der Waals surface area contributed by atoms with Gasteiger partial charge < -0.3 is 10.2 Å². The quantitative estimate of drug-likeness (QED) is 0.837. The van der Waals surface area contributed by atoms with Crippen LogP contribution in [0.15, 0.2) is 35.7 Å². The molecule has 1 aromatic carbocycles. The standard InChI is InChI=1S/C21H27N3O2S/c1-14(25)17-11-8-12-24(17)19(26)18(21(2,3)4)23-20-22-16(13-27-20)15-9-6-5-7-10-15/h5-7,9-10,13,17-18H,8,11-12H2,1-4H3,(H,22,23)/t17-,18+/m0/s1. The molecule has 5 nitrogen and oxygen atoms in total. The maximum atomic E-state index is 13.3. The maximum absolute atomic E-state index is 13.3. The summed E-state index contributed by atoms with van der Waals surface area (Å²) in [6, 6.07) is 9.26. The molecule has 1 aromatic heterocycles. The Kier molecular flexibility index (Phi) is 5.65. The van der Waals surface area contributed by atoms with Crippen LogP contribution in [-0.4, -0.2) is 40.2 Å². The van der Waals surface area contributed by atoms with E-state index >= 15 is 0 Å². The van der Waals surface area contributed by atoms with Crippen molar-refractivity contribution in [3.05, 3.63) is 35.7 Å². The molecule has 0 unspecified atom stereocenters. The first-order valence-corrected chi connectivity index (χ1v) is 10.2. The van der Waals surface area contributed by atoms with Gasteiger partial charge in [-0.15, -0.1) is 11.3 Å². The number of aromatic nitrogens is 1. The molecule has 1 fully saturated rings. The Morgan fingerprint density at radius 1 is 1.26 bits per heavy atom. The van der Waals surface area contributed by atoms with Crippen LogP contribution in [0.25, 0.3) is 11.3 Å².